The maximum absolute atomic E-state index is 10.6. The van der Waals surface area contributed by atoms with Gasteiger partial charge in [-0.25, -0.2) is 0 Å². The lowest BCUT2D eigenvalue weighted by atomic mass is 9.96. The lowest BCUT2D eigenvalue weighted by Gasteiger charge is -2.34. The van der Waals surface area contributed by atoms with Gasteiger partial charge in [0.2, 0.25) is 0 Å². The minimum atomic E-state index is -0.612. The molecule has 0 amide bonds. The monoisotopic (exact) mass is 240 g/mol. The summed E-state index contributed by atoms with van der Waals surface area (Å²) >= 11 is 0. The number of aliphatic hydroxyl groups is 1. The lowest BCUT2D eigenvalue weighted by Crippen LogP contribution is -2.51. The Morgan fingerprint density at radius 3 is 2.35 bits per heavy atom. The molecule has 0 aromatic carbocycles. The molecule has 17 heavy (non-hydrogen) atoms. The number of nitrogens with two attached hydrogens (primary N) is 1. The van der Waals surface area contributed by atoms with Crippen molar-refractivity contribution in [2.75, 3.05) is 19.6 Å². The summed E-state index contributed by atoms with van der Waals surface area (Å²) in [5, 5.41) is 10.6. The number of hydrogen-bond acceptors (Lipinski definition) is 3. The van der Waals surface area contributed by atoms with E-state index in [4.69, 9.17) is 5.73 Å². The molecule has 2 aliphatic rings. The summed E-state index contributed by atoms with van der Waals surface area (Å²) < 4.78 is 0. The van der Waals surface area contributed by atoms with Crippen molar-refractivity contribution in [1.29, 1.82) is 0 Å². The van der Waals surface area contributed by atoms with Crippen LogP contribution in [0.2, 0.25) is 0 Å². The molecule has 3 N–H and O–H groups in total. The minimum Gasteiger partial charge on any atom is -0.387 e. The molecule has 2 fully saturated rings. The van der Waals surface area contributed by atoms with E-state index in [0.717, 1.165) is 37.9 Å². The molecule has 2 rings (SSSR count). The van der Waals surface area contributed by atoms with Gasteiger partial charge in [-0.2, -0.15) is 0 Å². The van der Waals surface area contributed by atoms with Crippen molar-refractivity contribution in [2.45, 2.75) is 57.6 Å². The zero-order valence-corrected chi connectivity index (χ0v) is 11.4. The summed E-state index contributed by atoms with van der Waals surface area (Å²) in [4.78, 5) is 2.49. The van der Waals surface area contributed by atoms with Crippen molar-refractivity contribution < 1.29 is 5.11 Å². The third-order valence-corrected chi connectivity index (χ3v) is 4.22. The number of rotatable bonds is 8. The normalized spacial score (nSPS) is 24.4. The van der Waals surface area contributed by atoms with E-state index in [-0.39, 0.29) is 0 Å². The summed E-state index contributed by atoms with van der Waals surface area (Å²) in [6.07, 6.45) is 6.17. The van der Waals surface area contributed by atoms with Crippen molar-refractivity contribution >= 4 is 0 Å². The third-order valence-electron chi connectivity index (χ3n) is 4.22. The molecule has 100 valence electrons. The molecule has 0 spiro atoms. The van der Waals surface area contributed by atoms with Gasteiger partial charge in [-0.05, 0) is 50.5 Å². The van der Waals surface area contributed by atoms with E-state index >= 15 is 0 Å². The van der Waals surface area contributed by atoms with Crippen LogP contribution in [-0.2, 0) is 0 Å². The van der Waals surface area contributed by atoms with Crippen LogP contribution >= 0.6 is 0 Å². The number of nitrogens with zero attached hydrogens (tertiary/aromatic N) is 1. The topological polar surface area (TPSA) is 49.5 Å². The van der Waals surface area contributed by atoms with Crippen molar-refractivity contribution in [2.24, 2.45) is 17.6 Å². The van der Waals surface area contributed by atoms with Crippen molar-refractivity contribution in [3.8, 4) is 0 Å². The molecule has 1 atom stereocenters. The van der Waals surface area contributed by atoms with Gasteiger partial charge in [0.05, 0.1) is 5.60 Å². The molecule has 0 bridgehead atoms. The second kappa shape index (κ2) is 5.25. The molecular weight excluding hydrogens is 212 g/mol. The van der Waals surface area contributed by atoms with E-state index in [1.54, 1.807) is 0 Å². The highest BCUT2D eigenvalue weighted by Gasteiger charge is 2.45. The average molecular weight is 240 g/mol. The highest BCUT2D eigenvalue weighted by atomic mass is 16.3. The predicted molar refractivity (Wildman–Crippen MR) is 70.8 cm³/mol. The quantitative estimate of drug-likeness (QED) is 0.677. The van der Waals surface area contributed by atoms with E-state index in [2.05, 4.69) is 18.7 Å². The maximum Gasteiger partial charge on any atom is 0.0923 e. The molecule has 3 nitrogen and oxygen atoms in total. The van der Waals surface area contributed by atoms with Gasteiger partial charge in [-0.15, -0.1) is 0 Å². The predicted octanol–water partition coefficient (Wildman–Crippen LogP) is 1.60. The first-order valence-electron chi connectivity index (χ1n) is 7.21. The van der Waals surface area contributed by atoms with E-state index in [1.165, 1.54) is 19.3 Å². The minimum absolute atomic E-state index is 0.419. The lowest BCUT2D eigenvalue weighted by molar-refractivity contribution is -0.0115. The van der Waals surface area contributed by atoms with Crippen molar-refractivity contribution in [1.82, 2.24) is 4.90 Å². The molecular formula is C14H28N2O. The van der Waals surface area contributed by atoms with Crippen LogP contribution in [0.1, 0.15) is 46.0 Å². The third kappa shape index (κ3) is 3.67. The van der Waals surface area contributed by atoms with E-state index < -0.39 is 5.60 Å². The zero-order valence-electron chi connectivity index (χ0n) is 11.4. The number of hydrogen-bond donors (Lipinski definition) is 2. The molecule has 2 aliphatic carbocycles. The summed E-state index contributed by atoms with van der Waals surface area (Å²) in [5.41, 5.74) is 5.18. The van der Waals surface area contributed by atoms with Gasteiger partial charge < -0.3 is 10.8 Å². The Hall–Kier alpha value is -0.120. The molecule has 0 heterocycles. The van der Waals surface area contributed by atoms with Gasteiger partial charge in [0.15, 0.2) is 0 Å². The van der Waals surface area contributed by atoms with Gasteiger partial charge in [0.1, 0.15) is 0 Å². The molecule has 0 saturated heterocycles. The van der Waals surface area contributed by atoms with Crippen LogP contribution in [-0.4, -0.2) is 41.3 Å². The fourth-order valence-corrected chi connectivity index (χ4v) is 2.59. The standard InChI is InChI=1S/C14H28N2O/c1-11(2)7-8-16(13-5-6-13)10-14(17,9-15)12-3-4-12/h11-13,17H,3-10,15H2,1-2H3. The van der Waals surface area contributed by atoms with Crippen LogP contribution in [0.25, 0.3) is 0 Å². The fraction of sp³-hybridized carbons (Fsp3) is 1.00. The zero-order chi connectivity index (χ0) is 12.5. The summed E-state index contributed by atoms with van der Waals surface area (Å²) in [6, 6.07) is 0.727. The second-order valence-electron chi connectivity index (χ2n) is 6.47. The molecule has 0 aromatic rings. The SMILES string of the molecule is CC(C)CCN(CC(O)(CN)C1CC1)C1CC1. The largest absolute Gasteiger partial charge is 0.387 e. The molecule has 0 aromatic heterocycles. The Morgan fingerprint density at radius 1 is 1.29 bits per heavy atom. The van der Waals surface area contributed by atoms with Crippen molar-refractivity contribution in [3.63, 3.8) is 0 Å². The van der Waals surface area contributed by atoms with Crippen LogP contribution in [0.5, 0.6) is 0 Å². The summed E-state index contributed by atoms with van der Waals surface area (Å²) in [7, 11) is 0. The molecule has 0 aliphatic heterocycles. The van der Waals surface area contributed by atoms with Crippen LogP contribution in [0.3, 0.4) is 0 Å². The highest BCUT2D eigenvalue weighted by Crippen LogP contribution is 2.41. The molecule has 3 heteroatoms. The van der Waals surface area contributed by atoms with Crippen LogP contribution in [0.15, 0.2) is 0 Å². The summed E-state index contributed by atoms with van der Waals surface area (Å²) in [6.45, 7) is 6.87. The second-order valence-corrected chi connectivity index (χ2v) is 6.47. The first kappa shape index (κ1) is 13.3. The Balaban J connectivity index is 1.87. The first-order valence-corrected chi connectivity index (χ1v) is 7.21. The Morgan fingerprint density at radius 2 is 1.94 bits per heavy atom. The molecule has 1 unspecified atom stereocenters. The van der Waals surface area contributed by atoms with Gasteiger partial charge in [-0.1, -0.05) is 13.8 Å². The van der Waals surface area contributed by atoms with Crippen LogP contribution < -0.4 is 5.73 Å². The highest BCUT2D eigenvalue weighted by molar-refractivity contribution is 4.99. The Bertz CT molecular complexity index is 249. The van der Waals surface area contributed by atoms with E-state index in [9.17, 15) is 5.11 Å². The van der Waals surface area contributed by atoms with E-state index in [0.29, 0.717) is 12.5 Å². The van der Waals surface area contributed by atoms with Crippen molar-refractivity contribution in [3.05, 3.63) is 0 Å². The Kier molecular flexibility index (Phi) is 4.11. The van der Waals surface area contributed by atoms with Crippen LogP contribution in [0, 0.1) is 11.8 Å². The van der Waals surface area contributed by atoms with Crippen LogP contribution in [0.4, 0.5) is 0 Å². The first-order chi connectivity index (χ1) is 8.05. The summed E-state index contributed by atoms with van der Waals surface area (Å²) in [5.74, 6) is 1.20. The Labute approximate surface area is 105 Å². The van der Waals surface area contributed by atoms with Gasteiger partial charge in [0, 0.05) is 19.1 Å². The van der Waals surface area contributed by atoms with Gasteiger partial charge >= 0.3 is 0 Å². The molecule has 2 saturated carbocycles. The van der Waals surface area contributed by atoms with Gasteiger partial charge in [-0.3, -0.25) is 4.90 Å². The smallest absolute Gasteiger partial charge is 0.0923 e. The fourth-order valence-electron chi connectivity index (χ4n) is 2.59. The van der Waals surface area contributed by atoms with Gasteiger partial charge in [0.25, 0.3) is 0 Å². The molecule has 0 radical (unpaired) electrons. The van der Waals surface area contributed by atoms with E-state index in [1.807, 2.05) is 0 Å². The average Bonchev–Trinajstić information content (AvgIpc) is 3.15. The maximum atomic E-state index is 10.6.